The molecule has 0 aliphatic heterocycles. The number of hydrogen-bond donors (Lipinski definition) is 3. The van der Waals surface area contributed by atoms with Crippen LogP contribution in [0.25, 0.3) is 0 Å². The van der Waals surface area contributed by atoms with Gasteiger partial charge < -0.3 is 16.8 Å². The van der Waals surface area contributed by atoms with Gasteiger partial charge in [-0.2, -0.15) is 0 Å². The second-order valence-corrected chi connectivity index (χ2v) is 9.30. The topological polar surface area (TPSA) is 107 Å². The molecule has 4 bridgehead atoms. The number of nitrogen functional groups attached to an aromatic ring is 2. The summed E-state index contributed by atoms with van der Waals surface area (Å²) in [6, 6.07) is 1.75. The Balaban J connectivity index is 1.34. The zero-order valence-electron chi connectivity index (χ0n) is 14.7. The van der Waals surface area contributed by atoms with Crippen LogP contribution in [0.2, 0.25) is 0 Å². The molecule has 25 heavy (non-hydrogen) atoms. The lowest BCUT2D eigenvalue weighted by Crippen LogP contribution is -2.56. The quantitative estimate of drug-likeness (QED) is 0.549. The van der Waals surface area contributed by atoms with Crippen LogP contribution in [0.4, 0.5) is 11.6 Å². The molecule has 136 valence electrons. The number of thioether (sulfide) groups is 1. The van der Waals surface area contributed by atoms with Gasteiger partial charge in [0.25, 0.3) is 0 Å². The minimum absolute atomic E-state index is 0.0397. The molecule has 6 nitrogen and oxygen atoms in total. The fourth-order valence-corrected chi connectivity index (χ4v) is 6.48. The summed E-state index contributed by atoms with van der Waals surface area (Å²) in [7, 11) is 0. The number of anilines is 2. The van der Waals surface area contributed by atoms with Crippen molar-refractivity contribution in [2.24, 2.45) is 23.2 Å². The molecule has 1 aromatic heterocycles. The van der Waals surface area contributed by atoms with Crippen LogP contribution in [0, 0.1) is 23.2 Å². The lowest BCUT2D eigenvalue weighted by Gasteiger charge is -2.59. The summed E-state index contributed by atoms with van der Waals surface area (Å²) in [5, 5.41) is 3.71. The third-order valence-electron chi connectivity index (χ3n) is 6.46. The summed E-state index contributed by atoms with van der Waals surface area (Å²) in [5.41, 5.74) is 11.7. The van der Waals surface area contributed by atoms with Gasteiger partial charge in [-0.05, 0) is 68.6 Å². The van der Waals surface area contributed by atoms with E-state index >= 15 is 0 Å². The summed E-state index contributed by atoms with van der Waals surface area (Å²) in [5.74, 6) is 3.67. The van der Waals surface area contributed by atoms with E-state index in [4.69, 9.17) is 11.5 Å². The van der Waals surface area contributed by atoms with Crippen LogP contribution in [0.5, 0.6) is 0 Å². The number of nitrogens with zero attached hydrogens (tertiary/aromatic N) is 2. The molecule has 0 unspecified atom stereocenters. The van der Waals surface area contributed by atoms with E-state index in [2.05, 4.69) is 22.2 Å². The summed E-state index contributed by atoms with van der Waals surface area (Å²) in [6.07, 6.45) is 8.14. The molecule has 5 N–H and O–H groups in total. The van der Waals surface area contributed by atoms with Gasteiger partial charge in [0.1, 0.15) is 11.6 Å². The molecule has 5 rings (SSSR count). The van der Waals surface area contributed by atoms with Gasteiger partial charge >= 0.3 is 0 Å². The Kier molecular flexibility index (Phi) is 4.30. The van der Waals surface area contributed by atoms with E-state index in [1.165, 1.54) is 56.4 Å². The Hall–Kier alpha value is -1.50. The molecule has 1 atom stereocenters. The highest BCUT2D eigenvalue weighted by Crippen LogP contribution is 2.61. The van der Waals surface area contributed by atoms with Crippen LogP contribution in [0.15, 0.2) is 11.2 Å². The summed E-state index contributed by atoms with van der Waals surface area (Å²) >= 11 is 1.28. The number of aromatic nitrogens is 2. The fourth-order valence-electron chi connectivity index (χ4n) is 5.80. The number of carbonyl (C=O) groups is 1. The lowest BCUT2D eigenvalue weighted by molar-refractivity contribution is -0.123. The van der Waals surface area contributed by atoms with Crippen molar-refractivity contribution in [1.82, 2.24) is 15.3 Å². The second-order valence-electron chi connectivity index (χ2n) is 8.36. The van der Waals surface area contributed by atoms with Gasteiger partial charge in [-0.3, -0.25) is 4.79 Å². The molecule has 1 amide bonds. The second kappa shape index (κ2) is 6.34. The normalized spacial score (nSPS) is 34.0. The maximum absolute atomic E-state index is 12.4. The molecule has 7 heteroatoms. The number of rotatable bonds is 5. The highest BCUT2D eigenvalue weighted by atomic mass is 32.2. The molecule has 0 aromatic carbocycles. The minimum Gasteiger partial charge on any atom is -0.383 e. The zero-order valence-corrected chi connectivity index (χ0v) is 15.5. The van der Waals surface area contributed by atoms with Crippen molar-refractivity contribution in [2.75, 3.05) is 17.2 Å². The molecule has 4 aliphatic rings. The SMILES string of the molecule is C[C@@H](NC(=O)CSc1nc(N)cc(N)n1)C12CC3CC(CC(C3)C1)C2. The molecular formula is C18H27N5OS. The monoisotopic (exact) mass is 361 g/mol. The standard InChI is InChI=1S/C18H27N5OS/c1-10(18-6-11-2-12(7-18)4-13(3-11)8-18)21-16(24)9-25-17-22-14(19)5-15(20)23-17/h5,10-13H,2-4,6-9H2,1H3,(H,21,24)(H4,19,20,22,23)/t10-,11?,12?,13?,18?/m1/s1. The molecular weight excluding hydrogens is 334 g/mol. The third kappa shape index (κ3) is 3.43. The average Bonchev–Trinajstić information content (AvgIpc) is 2.50. The van der Waals surface area contributed by atoms with Crippen LogP contribution in [-0.2, 0) is 4.79 Å². The van der Waals surface area contributed by atoms with Crippen molar-refractivity contribution in [1.29, 1.82) is 0 Å². The van der Waals surface area contributed by atoms with E-state index in [1.807, 2.05) is 0 Å². The Labute approximate surface area is 152 Å². The third-order valence-corrected chi connectivity index (χ3v) is 7.31. The van der Waals surface area contributed by atoms with Crippen molar-refractivity contribution in [3.05, 3.63) is 6.07 Å². The van der Waals surface area contributed by atoms with Gasteiger partial charge in [0.2, 0.25) is 5.91 Å². The molecule has 0 spiro atoms. The maximum atomic E-state index is 12.4. The Morgan fingerprint density at radius 1 is 1.20 bits per heavy atom. The van der Waals surface area contributed by atoms with Gasteiger partial charge in [-0.1, -0.05) is 11.8 Å². The van der Waals surface area contributed by atoms with Crippen molar-refractivity contribution in [3.63, 3.8) is 0 Å². The van der Waals surface area contributed by atoms with E-state index < -0.39 is 0 Å². The number of amides is 1. The summed E-state index contributed by atoms with van der Waals surface area (Å²) < 4.78 is 0. The van der Waals surface area contributed by atoms with Crippen molar-refractivity contribution in [3.8, 4) is 0 Å². The highest BCUT2D eigenvalue weighted by Gasteiger charge is 2.53. The summed E-state index contributed by atoms with van der Waals surface area (Å²) in [6.45, 7) is 2.20. The number of carbonyl (C=O) groups excluding carboxylic acids is 1. The van der Waals surface area contributed by atoms with Crippen molar-refractivity contribution >= 4 is 29.3 Å². The van der Waals surface area contributed by atoms with Gasteiger partial charge in [0.05, 0.1) is 5.75 Å². The largest absolute Gasteiger partial charge is 0.383 e. The average molecular weight is 362 g/mol. The number of nitrogens with two attached hydrogens (primary N) is 2. The first-order valence-corrected chi connectivity index (χ1v) is 10.2. The smallest absolute Gasteiger partial charge is 0.230 e. The minimum atomic E-state index is 0.0397. The Morgan fingerprint density at radius 2 is 1.72 bits per heavy atom. The Bertz CT molecular complexity index is 624. The first-order chi connectivity index (χ1) is 11.9. The van der Waals surface area contributed by atoms with Gasteiger partial charge in [0.15, 0.2) is 5.16 Å². The molecule has 4 saturated carbocycles. The molecule has 4 aliphatic carbocycles. The first kappa shape index (κ1) is 16.9. The van der Waals surface area contributed by atoms with Gasteiger partial charge in [-0.15, -0.1) is 0 Å². The van der Waals surface area contributed by atoms with Crippen molar-refractivity contribution in [2.45, 2.75) is 56.6 Å². The maximum Gasteiger partial charge on any atom is 0.230 e. The molecule has 0 radical (unpaired) electrons. The summed E-state index contributed by atoms with van der Waals surface area (Å²) in [4.78, 5) is 20.7. The van der Waals surface area contributed by atoms with E-state index in [-0.39, 0.29) is 11.9 Å². The predicted octanol–water partition coefficient (Wildman–Crippen LogP) is 2.45. The van der Waals surface area contributed by atoms with Crippen LogP contribution >= 0.6 is 11.8 Å². The number of nitrogens with one attached hydrogen (secondary N) is 1. The molecule has 1 aromatic rings. The highest BCUT2D eigenvalue weighted by molar-refractivity contribution is 7.99. The Morgan fingerprint density at radius 3 is 2.24 bits per heavy atom. The number of hydrogen-bond acceptors (Lipinski definition) is 6. The van der Waals surface area contributed by atoms with Gasteiger partial charge in [0, 0.05) is 12.1 Å². The molecule has 4 fully saturated rings. The van der Waals surface area contributed by atoms with Gasteiger partial charge in [-0.25, -0.2) is 9.97 Å². The first-order valence-electron chi connectivity index (χ1n) is 9.24. The molecule has 1 heterocycles. The van der Waals surface area contributed by atoms with E-state index in [0.717, 1.165) is 17.8 Å². The van der Waals surface area contributed by atoms with E-state index in [9.17, 15) is 4.79 Å². The lowest BCUT2D eigenvalue weighted by atomic mass is 9.48. The fraction of sp³-hybridized carbons (Fsp3) is 0.722. The predicted molar refractivity (Wildman–Crippen MR) is 99.8 cm³/mol. The zero-order chi connectivity index (χ0) is 17.6. The van der Waals surface area contributed by atoms with Crippen LogP contribution in [-0.4, -0.2) is 27.7 Å². The van der Waals surface area contributed by atoms with E-state index in [0.29, 0.717) is 28.0 Å². The van der Waals surface area contributed by atoms with Crippen LogP contribution in [0.3, 0.4) is 0 Å². The molecule has 0 saturated heterocycles. The van der Waals surface area contributed by atoms with Crippen molar-refractivity contribution < 1.29 is 4.79 Å². The van der Waals surface area contributed by atoms with Crippen LogP contribution < -0.4 is 16.8 Å². The van der Waals surface area contributed by atoms with Crippen LogP contribution in [0.1, 0.15) is 45.4 Å². The van der Waals surface area contributed by atoms with E-state index in [1.54, 1.807) is 0 Å².